The van der Waals surface area contributed by atoms with Crippen molar-refractivity contribution in [3.05, 3.63) is 57.8 Å². The van der Waals surface area contributed by atoms with Gasteiger partial charge in [0.25, 0.3) is 0 Å². The Kier molecular flexibility index (Phi) is 7.48. The molecule has 2 aromatic rings. The van der Waals surface area contributed by atoms with Gasteiger partial charge < -0.3 is 15.1 Å². The van der Waals surface area contributed by atoms with Gasteiger partial charge in [0, 0.05) is 51.1 Å². The van der Waals surface area contributed by atoms with Gasteiger partial charge in [-0.15, -0.1) is 11.3 Å². The van der Waals surface area contributed by atoms with Crippen molar-refractivity contribution in [2.24, 2.45) is 4.99 Å². The van der Waals surface area contributed by atoms with Crippen LogP contribution in [0.15, 0.2) is 46.8 Å². The van der Waals surface area contributed by atoms with E-state index < -0.39 is 0 Å². The molecule has 0 saturated carbocycles. The molecule has 6 heteroatoms. The van der Waals surface area contributed by atoms with Crippen LogP contribution in [0.1, 0.15) is 35.8 Å². The van der Waals surface area contributed by atoms with Crippen LogP contribution >= 0.6 is 11.3 Å². The van der Waals surface area contributed by atoms with Crippen molar-refractivity contribution in [3.8, 4) is 0 Å². The number of carbonyl (C=O) groups excluding carboxylic acids is 1. The maximum absolute atomic E-state index is 12.5. The van der Waals surface area contributed by atoms with Gasteiger partial charge in [-0.3, -0.25) is 9.79 Å². The average Bonchev–Trinajstić information content (AvgIpc) is 3.37. The molecule has 28 heavy (non-hydrogen) atoms. The molecule has 0 aliphatic carbocycles. The predicted molar refractivity (Wildman–Crippen MR) is 117 cm³/mol. The highest BCUT2D eigenvalue weighted by Crippen LogP contribution is 2.22. The first kappa shape index (κ1) is 20.4. The topological polar surface area (TPSA) is 47.9 Å². The highest BCUT2D eigenvalue weighted by molar-refractivity contribution is 7.09. The molecule has 150 valence electrons. The number of benzene rings is 1. The minimum atomic E-state index is 0.224. The number of thiophene rings is 1. The Balaban J connectivity index is 1.42. The maximum atomic E-state index is 12.5. The van der Waals surface area contributed by atoms with Gasteiger partial charge in [-0.05, 0) is 42.3 Å². The molecular weight excluding hydrogens is 368 g/mol. The van der Waals surface area contributed by atoms with Gasteiger partial charge in [-0.2, -0.15) is 0 Å². The van der Waals surface area contributed by atoms with Crippen LogP contribution in [-0.4, -0.2) is 48.3 Å². The monoisotopic (exact) mass is 398 g/mol. The third-order valence-electron chi connectivity index (χ3n) is 4.97. The van der Waals surface area contributed by atoms with Gasteiger partial charge in [0.05, 0.1) is 0 Å². The van der Waals surface area contributed by atoms with Crippen LogP contribution in [-0.2, 0) is 24.3 Å². The zero-order valence-corrected chi connectivity index (χ0v) is 17.7. The first-order valence-electron chi connectivity index (χ1n) is 10.0. The van der Waals surface area contributed by atoms with E-state index in [0.717, 1.165) is 45.0 Å². The van der Waals surface area contributed by atoms with Gasteiger partial charge in [0.2, 0.25) is 5.91 Å². The summed E-state index contributed by atoms with van der Waals surface area (Å²) in [6, 6.07) is 12.6. The number of nitrogens with zero attached hydrogens (tertiary/aromatic N) is 3. The minimum absolute atomic E-state index is 0.224. The molecule has 1 N–H and O–H groups in total. The smallest absolute Gasteiger partial charge is 0.223 e. The molecule has 0 spiro atoms. The number of nitrogens with one attached hydrogen (secondary N) is 1. The molecule has 3 rings (SSSR count). The van der Waals surface area contributed by atoms with E-state index in [-0.39, 0.29) is 5.91 Å². The Morgan fingerprint density at radius 1 is 1.21 bits per heavy atom. The molecule has 0 fully saturated rings. The molecule has 0 unspecified atom stereocenters. The van der Waals surface area contributed by atoms with Gasteiger partial charge in [0.1, 0.15) is 0 Å². The first-order valence-corrected chi connectivity index (χ1v) is 10.9. The maximum Gasteiger partial charge on any atom is 0.223 e. The van der Waals surface area contributed by atoms with Gasteiger partial charge >= 0.3 is 0 Å². The molecule has 1 aliphatic heterocycles. The molecule has 1 aliphatic rings. The Bertz CT molecular complexity index is 763. The van der Waals surface area contributed by atoms with Crippen LogP contribution in [0, 0.1) is 0 Å². The van der Waals surface area contributed by atoms with Crippen molar-refractivity contribution in [3.63, 3.8) is 0 Å². The zero-order chi connectivity index (χ0) is 19.8. The fourth-order valence-electron chi connectivity index (χ4n) is 3.39. The summed E-state index contributed by atoms with van der Waals surface area (Å²) in [5.41, 5.74) is 2.55. The fraction of sp³-hybridized carbons (Fsp3) is 0.455. The number of hydrogen-bond acceptors (Lipinski definition) is 3. The van der Waals surface area contributed by atoms with E-state index in [1.165, 1.54) is 16.0 Å². The van der Waals surface area contributed by atoms with Crippen LogP contribution in [0.5, 0.6) is 0 Å². The number of guanidine groups is 1. The van der Waals surface area contributed by atoms with Crippen molar-refractivity contribution < 1.29 is 4.79 Å². The number of rotatable bonds is 8. The number of aliphatic imine (C=N–C) groups is 1. The lowest BCUT2D eigenvalue weighted by Crippen LogP contribution is -2.40. The van der Waals surface area contributed by atoms with Gasteiger partial charge in [-0.1, -0.05) is 30.3 Å². The standard InChI is InChI=1S/C22H30N4OS/c1-3-23-22(25(2)14-12-20-10-7-15-28-20)24-13-6-11-21(27)26-16-18-8-4-5-9-19(18)17-26/h4-5,7-10,15H,3,6,11-14,16-17H2,1-2H3,(H,23,24). The van der Waals surface area contributed by atoms with E-state index in [9.17, 15) is 4.79 Å². The third kappa shape index (κ3) is 5.58. The Morgan fingerprint density at radius 3 is 2.61 bits per heavy atom. The second-order valence-electron chi connectivity index (χ2n) is 7.11. The summed E-state index contributed by atoms with van der Waals surface area (Å²) in [6.07, 6.45) is 2.35. The molecular formula is C22H30N4OS. The van der Waals surface area contributed by atoms with Crippen LogP contribution in [0.3, 0.4) is 0 Å². The van der Waals surface area contributed by atoms with Crippen LogP contribution < -0.4 is 5.32 Å². The van der Waals surface area contributed by atoms with E-state index in [0.29, 0.717) is 13.0 Å². The summed E-state index contributed by atoms with van der Waals surface area (Å²) in [7, 11) is 2.07. The normalized spacial score (nSPS) is 13.5. The van der Waals surface area contributed by atoms with E-state index in [2.05, 4.69) is 53.8 Å². The molecule has 0 bridgehead atoms. The van der Waals surface area contributed by atoms with E-state index in [1.54, 1.807) is 11.3 Å². The first-order chi connectivity index (χ1) is 13.7. The summed E-state index contributed by atoms with van der Waals surface area (Å²) >= 11 is 1.79. The van der Waals surface area contributed by atoms with Gasteiger partial charge in [0.15, 0.2) is 5.96 Å². The largest absolute Gasteiger partial charge is 0.357 e. The number of hydrogen-bond donors (Lipinski definition) is 1. The summed E-state index contributed by atoms with van der Waals surface area (Å²) in [6.45, 7) is 6.00. The minimum Gasteiger partial charge on any atom is -0.357 e. The van der Waals surface area contributed by atoms with Crippen LogP contribution in [0.4, 0.5) is 0 Å². The quantitative estimate of drug-likeness (QED) is 0.421. The summed E-state index contributed by atoms with van der Waals surface area (Å²) in [4.78, 5) is 22.7. The lowest BCUT2D eigenvalue weighted by molar-refractivity contribution is -0.131. The third-order valence-corrected chi connectivity index (χ3v) is 5.91. The van der Waals surface area contributed by atoms with Gasteiger partial charge in [-0.25, -0.2) is 0 Å². The lowest BCUT2D eigenvalue weighted by Gasteiger charge is -2.22. The summed E-state index contributed by atoms with van der Waals surface area (Å²) < 4.78 is 0. The van der Waals surface area contributed by atoms with E-state index in [4.69, 9.17) is 4.99 Å². The Hall–Kier alpha value is -2.34. The number of likely N-dealkylation sites (N-methyl/N-ethyl adjacent to an activating group) is 1. The SMILES string of the molecule is CCNC(=NCCCC(=O)N1Cc2ccccc2C1)N(C)CCc1cccs1. The second kappa shape index (κ2) is 10.3. The van der Waals surface area contributed by atoms with Crippen molar-refractivity contribution in [2.75, 3.05) is 26.7 Å². The molecule has 1 aromatic carbocycles. The lowest BCUT2D eigenvalue weighted by atomic mass is 10.1. The van der Waals surface area contributed by atoms with Crippen LogP contribution in [0.2, 0.25) is 0 Å². The van der Waals surface area contributed by atoms with E-state index >= 15 is 0 Å². The fourth-order valence-corrected chi connectivity index (χ4v) is 4.09. The summed E-state index contributed by atoms with van der Waals surface area (Å²) in [5.74, 6) is 1.14. The molecule has 1 amide bonds. The average molecular weight is 399 g/mol. The highest BCUT2D eigenvalue weighted by Gasteiger charge is 2.22. The molecule has 5 nitrogen and oxygen atoms in total. The number of amides is 1. The highest BCUT2D eigenvalue weighted by atomic mass is 32.1. The molecule has 0 radical (unpaired) electrons. The van der Waals surface area contributed by atoms with Crippen LogP contribution in [0.25, 0.3) is 0 Å². The predicted octanol–water partition coefficient (Wildman–Crippen LogP) is 3.51. The van der Waals surface area contributed by atoms with Crippen molar-refractivity contribution in [2.45, 2.75) is 39.3 Å². The summed E-state index contributed by atoms with van der Waals surface area (Å²) in [5, 5.41) is 5.47. The second-order valence-corrected chi connectivity index (χ2v) is 8.14. The number of fused-ring (bicyclic) bond motifs is 1. The molecule has 1 aromatic heterocycles. The van der Waals surface area contributed by atoms with E-state index in [1.807, 2.05) is 17.0 Å². The molecule has 0 atom stereocenters. The zero-order valence-electron chi connectivity index (χ0n) is 16.9. The molecule has 2 heterocycles. The van der Waals surface area contributed by atoms with Crippen molar-refractivity contribution in [1.82, 2.24) is 15.1 Å². The Morgan fingerprint density at radius 2 is 1.96 bits per heavy atom. The Labute approximate surface area is 172 Å². The van der Waals surface area contributed by atoms with Crippen molar-refractivity contribution in [1.29, 1.82) is 0 Å². The molecule has 0 saturated heterocycles. The van der Waals surface area contributed by atoms with Crippen molar-refractivity contribution >= 4 is 23.2 Å². The number of carbonyl (C=O) groups is 1.